The molecule has 1 atom stereocenters. The molecule has 1 fully saturated rings. The Kier molecular flexibility index (Phi) is 5.59. The first-order chi connectivity index (χ1) is 10.4. The van der Waals surface area contributed by atoms with Gasteiger partial charge in [0.2, 0.25) is 0 Å². The average molecular weight is 305 g/mol. The molecule has 1 unspecified atom stereocenters. The minimum absolute atomic E-state index is 0.00721. The van der Waals surface area contributed by atoms with Crippen LogP contribution in [-0.4, -0.2) is 45.8 Å². The van der Waals surface area contributed by atoms with E-state index in [-0.39, 0.29) is 18.6 Å². The molecule has 122 valence electrons. The SMILES string of the molecule is CC(C)(O)CCc1ccc(C(=O)N2CCCCC2CO)cc1. The summed E-state index contributed by atoms with van der Waals surface area (Å²) in [4.78, 5) is 14.4. The minimum Gasteiger partial charge on any atom is -0.394 e. The summed E-state index contributed by atoms with van der Waals surface area (Å²) in [5.41, 5.74) is 1.12. The standard InChI is InChI=1S/C18H27NO3/c1-18(2,22)11-10-14-6-8-15(9-7-14)17(21)19-12-4-3-5-16(19)13-20/h6-9,16,20,22H,3-5,10-13H2,1-2H3. The van der Waals surface area contributed by atoms with E-state index in [2.05, 4.69) is 0 Å². The van der Waals surface area contributed by atoms with Gasteiger partial charge in [-0.05, 0) is 63.6 Å². The number of aliphatic hydroxyl groups excluding tert-OH is 1. The molecule has 0 aromatic heterocycles. The first kappa shape index (κ1) is 17.0. The molecular weight excluding hydrogens is 278 g/mol. The third-order valence-corrected chi connectivity index (χ3v) is 4.33. The van der Waals surface area contributed by atoms with Gasteiger partial charge < -0.3 is 15.1 Å². The lowest BCUT2D eigenvalue weighted by Crippen LogP contribution is -2.45. The molecule has 1 saturated heterocycles. The number of carbonyl (C=O) groups excluding carboxylic acids is 1. The Morgan fingerprint density at radius 3 is 2.55 bits per heavy atom. The maximum Gasteiger partial charge on any atom is 0.254 e. The van der Waals surface area contributed by atoms with Crippen molar-refractivity contribution in [3.8, 4) is 0 Å². The minimum atomic E-state index is -0.670. The molecule has 2 N–H and O–H groups in total. The van der Waals surface area contributed by atoms with Gasteiger partial charge >= 0.3 is 0 Å². The number of likely N-dealkylation sites (tertiary alicyclic amines) is 1. The predicted molar refractivity (Wildman–Crippen MR) is 86.8 cm³/mol. The smallest absolute Gasteiger partial charge is 0.254 e. The normalized spacial score (nSPS) is 19.3. The van der Waals surface area contributed by atoms with Crippen molar-refractivity contribution in [2.75, 3.05) is 13.2 Å². The highest BCUT2D eigenvalue weighted by atomic mass is 16.3. The second-order valence-corrected chi connectivity index (χ2v) is 6.84. The van der Waals surface area contributed by atoms with E-state index in [1.807, 2.05) is 24.3 Å². The first-order valence-electron chi connectivity index (χ1n) is 8.14. The molecule has 4 nitrogen and oxygen atoms in total. The van der Waals surface area contributed by atoms with Gasteiger partial charge in [0, 0.05) is 12.1 Å². The predicted octanol–water partition coefficient (Wildman–Crippen LogP) is 2.38. The molecular formula is C18H27NO3. The van der Waals surface area contributed by atoms with Gasteiger partial charge in [0.25, 0.3) is 5.91 Å². The highest BCUT2D eigenvalue weighted by Crippen LogP contribution is 2.20. The zero-order valence-corrected chi connectivity index (χ0v) is 13.6. The van der Waals surface area contributed by atoms with Crippen molar-refractivity contribution in [3.05, 3.63) is 35.4 Å². The number of carbonyl (C=O) groups is 1. The van der Waals surface area contributed by atoms with E-state index in [0.29, 0.717) is 12.0 Å². The Labute approximate surface area is 132 Å². The molecule has 1 aromatic carbocycles. The summed E-state index contributed by atoms with van der Waals surface area (Å²) in [6.45, 7) is 4.37. The lowest BCUT2D eigenvalue weighted by atomic mass is 9.97. The monoisotopic (exact) mass is 305 g/mol. The molecule has 1 aromatic rings. The van der Waals surface area contributed by atoms with E-state index in [1.165, 1.54) is 0 Å². The molecule has 1 aliphatic rings. The van der Waals surface area contributed by atoms with Crippen LogP contribution < -0.4 is 0 Å². The van der Waals surface area contributed by atoms with Crippen LogP contribution in [0.25, 0.3) is 0 Å². The molecule has 1 amide bonds. The van der Waals surface area contributed by atoms with Crippen molar-refractivity contribution in [1.29, 1.82) is 0 Å². The van der Waals surface area contributed by atoms with Gasteiger partial charge in [0.05, 0.1) is 18.2 Å². The molecule has 1 heterocycles. The van der Waals surface area contributed by atoms with Crippen LogP contribution in [0.1, 0.15) is 55.5 Å². The van der Waals surface area contributed by atoms with Crippen LogP contribution in [0, 0.1) is 0 Å². The van der Waals surface area contributed by atoms with Gasteiger partial charge in [-0.15, -0.1) is 0 Å². The number of hydrogen-bond acceptors (Lipinski definition) is 3. The van der Waals surface area contributed by atoms with E-state index in [1.54, 1.807) is 18.7 Å². The van der Waals surface area contributed by atoms with Gasteiger partial charge in [-0.25, -0.2) is 0 Å². The summed E-state index contributed by atoms with van der Waals surface area (Å²) in [6, 6.07) is 7.57. The number of hydrogen-bond donors (Lipinski definition) is 2. The average Bonchev–Trinajstić information content (AvgIpc) is 2.52. The number of nitrogens with zero attached hydrogens (tertiary/aromatic N) is 1. The number of aryl methyl sites for hydroxylation is 1. The fourth-order valence-corrected chi connectivity index (χ4v) is 2.89. The highest BCUT2D eigenvalue weighted by Gasteiger charge is 2.26. The zero-order valence-electron chi connectivity index (χ0n) is 13.6. The Balaban J connectivity index is 2.01. The Bertz CT molecular complexity index is 490. The molecule has 22 heavy (non-hydrogen) atoms. The lowest BCUT2D eigenvalue weighted by molar-refractivity contribution is 0.0502. The molecule has 1 aliphatic heterocycles. The van der Waals surface area contributed by atoms with Crippen molar-refractivity contribution < 1.29 is 15.0 Å². The van der Waals surface area contributed by atoms with E-state index in [4.69, 9.17) is 0 Å². The van der Waals surface area contributed by atoms with Crippen LogP contribution in [0.3, 0.4) is 0 Å². The molecule has 2 rings (SSSR count). The third-order valence-electron chi connectivity index (χ3n) is 4.33. The molecule has 0 aliphatic carbocycles. The summed E-state index contributed by atoms with van der Waals surface area (Å²) in [5.74, 6) is 0.00721. The van der Waals surface area contributed by atoms with E-state index in [0.717, 1.165) is 37.8 Å². The number of amides is 1. The van der Waals surface area contributed by atoms with Crippen molar-refractivity contribution >= 4 is 5.91 Å². The summed E-state index contributed by atoms with van der Waals surface area (Å²) in [7, 11) is 0. The number of piperidine rings is 1. The van der Waals surface area contributed by atoms with Crippen LogP contribution in [0.4, 0.5) is 0 Å². The van der Waals surface area contributed by atoms with Gasteiger partial charge in [-0.2, -0.15) is 0 Å². The van der Waals surface area contributed by atoms with Crippen LogP contribution >= 0.6 is 0 Å². The number of rotatable bonds is 5. The second kappa shape index (κ2) is 7.25. The van der Waals surface area contributed by atoms with Crippen molar-refractivity contribution in [1.82, 2.24) is 4.90 Å². The van der Waals surface area contributed by atoms with Crippen molar-refractivity contribution in [3.63, 3.8) is 0 Å². The Morgan fingerprint density at radius 1 is 1.27 bits per heavy atom. The van der Waals surface area contributed by atoms with Gasteiger partial charge in [-0.3, -0.25) is 4.79 Å². The Morgan fingerprint density at radius 2 is 1.95 bits per heavy atom. The van der Waals surface area contributed by atoms with E-state index < -0.39 is 5.60 Å². The molecule has 0 saturated carbocycles. The summed E-state index contributed by atoms with van der Waals surface area (Å²) in [6.07, 6.45) is 4.45. The fraction of sp³-hybridized carbons (Fsp3) is 0.611. The molecule has 0 bridgehead atoms. The van der Waals surface area contributed by atoms with Crippen LogP contribution in [0.5, 0.6) is 0 Å². The maximum atomic E-state index is 12.6. The van der Waals surface area contributed by atoms with Crippen LogP contribution in [0.2, 0.25) is 0 Å². The topological polar surface area (TPSA) is 60.8 Å². The summed E-state index contributed by atoms with van der Waals surface area (Å²) in [5, 5.41) is 19.2. The van der Waals surface area contributed by atoms with E-state index >= 15 is 0 Å². The van der Waals surface area contributed by atoms with Crippen molar-refractivity contribution in [2.45, 2.75) is 57.6 Å². The van der Waals surface area contributed by atoms with E-state index in [9.17, 15) is 15.0 Å². The number of aliphatic hydroxyl groups is 2. The molecule has 4 heteroatoms. The summed E-state index contributed by atoms with van der Waals surface area (Å²) >= 11 is 0. The first-order valence-corrected chi connectivity index (χ1v) is 8.14. The highest BCUT2D eigenvalue weighted by molar-refractivity contribution is 5.94. The zero-order chi connectivity index (χ0) is 16.2. The van der Waals surface area contributed by atoms with Gasteiger partial charge in [0.15, 0.2) is 0 Å². The quantitative estimate of drug-likeness (QED) is 0.878. The molecule has 0 radical (unpaired) electrons. The largest absolute Gasteiger partial charge is 0.394 e. The molecule has 0 spiro atoms. The van der Waals surface area contributed by atoms with Gasteiger partial charge in [0.1, 0.15) is 0 Å². The van der Waals surface area contributed by atoms with Crippen LogP contribution in [-0.2, 0) is 6.42 Å². The fourth-order valence-electron chi connectivity index (χ4n) is 2.89. The summed E-state index contributed by atoms with van der Waals surface area (Å²) < 4.78 is 0. The Hall–Kier alpha value is -1.39. The maximum absolute atomic E-state index is 12.6. The van der Waals surface area contributed by atoms with Crippen molar-refractivity contribution in [2.24, 2.45) is 0 Å². The third kappa shape index (κ3) is 4.55. The number of benzene rings is 1. The van der Waals surface area contributed by atoms with Crippen LogP contribution in [0.15, 0.2) is 24.3 Å². The van der Waals surface area contributed by atoms with Gasteiger partial charge in [-0.1, -0.05) is 12.1 Å². The lowest BCUT2D eigenvalue weighted by Gasteiger charge is -2.34. The second-order valence-electron chi connectivity index (χ2n) is 6.84.